The first-order chi connectivity index (χ1) is 6.06. The van der Waals surface area contributed by atoms with Crippen molar-refractivity contribution in [2.45, 2.75) is 4.90 Å². The van der Waals surface area contributed by atoms with Gasteiger partial charge in [-0.15, -0.1) is 11.8 Å². The summed E-state index contributed by atoms with van der Waals surface area (Å²) in [5.74, 6) is -3.68. The minimum absolute atomic E-state index is 0.361. The molecule has 0 amide bonds. The smallest absolute Gasteiger partial charge is 0.341 e. The van der Waals surface area contributed by atoms with Crippen LogP contribution >= 0.6 is 11.8 Å². The summed E-state index contributed by atoms with van der Waals surface area (Å²) in [6.45, 7) is 0. The van der Waals surface area contributed by atoms with Gasteiger partial charge in [0.1, 0.15) is 17.2 Å². The van der Waals surface area contributed by atoms with Crippen LogP contribution in [0.15, 0.2) is 17.0 Å². The van der Waals surface area contributed by atoms with Crippen molar-refractivity contribution in [3.63, 3.8) is 0 Å². The molecule has 0 aromatic heterocycles. The lowest BCUT2D eigenvalue weighted by Gasteiger charge is -2.01. The molecule has 0 saturated heterocycles. The highest BCUT2D eigenvalue weighted by molar-refractivity contribution is 7.98. The molecule has 0 aliphatic carbocycles. The zero-order valence-electron chi connectivity index (χ0n) is 6.67. The number of rotatable bonds is 2. The molecule has 0 unspecified atom stereocenters. The van der Waals surface area contributed by atoms with E-state index in [-0.39, 0.29) is 0 Å². The third-order valence-corrected chi connectivity index (χ3v) is 2.17. The van der Waals surface area contributed by atoms with Crippen molar-refractivity contribution >= 4 is 17.7 Å². The molecule has 1 aromatic rings. The molecular formula is C8H6F2O2S. The molecule has 13 heavy (non-hydrogen) atoms. The van der Waals surface area contributed by atoms with Gasteiger partial charge in [0.15, 0.2) is 0 Å². The summed E-state index contributed by atoms with van der Waals surface area (Å²) in [5.41, 5.74) is -0.905. The summed E-state index contributed by atoms with van der Waals surface area (Å²) in [6.07, 6.45) is 1.65. The van der Waals surface area contributed by atoms with Crippen LogP contribution in [0.1, 0.15) is 10.4 Å². The predicted molar refractivity (Wildman–Crippen MR) is 45.1 cm³/mol. The normalized spacial score (nSPS) is 10.1. The fraction of sp³-hybridized carbons (Fsp3) is 0.125. The maximum atomic E-state index is 12.9. The average molecular weight is 204 g/mol. The molecule has 0 radical (unpaired) electrons. The fourth-order valence-electron chi connectivity index (χ4n) is 0.872. The Labute approximate surface area is 77.6 Å². The van der Waals surface area contributed by atoms with E-state index in [4.69, 9.17) is 5.11 Å². The van der Waals surface area contributed by atoms with Gasteiger partial charge in [-0.2, -0.15) is 0 Å². The van der Waals surface area contributed by atoms with Crippen LogP contribution < -0.4 is 0 Å². The second kappa shape index (κ2) is 3.74. The largest absolute Gasteiger partial charge is 0.477 e. The SMILES string of the molecule is CSc1cc(F)c(C(=O)O)c(F)c1. The molecule has 5 heteroatoms. The van der Waals surface area contributed by atoms with Gasteiger partial charge in [-0.3, -0.25) is 0 Å². The Morgan fingerprint density at radius 1 is 1.38 bits per heavy atom. The van der Waals surface area contributed by atoms with Crippen LogP contribution in [0.25, 0.3) is 0 Å². The van der Waals surface area contributed by atoms with E-state index in [1.165, 1.54) is 0 Å². The molecule has 0 aliphatic rings. The van der Waals surface area contributed by atoms with E-state index < -0.39 is 23.2 Å². The minimum Gasteiger partial charge on any atom is -0.477 e. The average Bonchev–Trinajstić information content (AvgIpc) is 2.02. The number of hydrogen-bond donors (Lipinski definition) is 1. The molecule has 0 saturated carbocycles. The summed E-state index contributed by atoms with van der Waals surface area (Å²) in [6, 6.07) is 1.99. The monoisotopic (exact) mass is 204 g/mol. The number of benzene rings is 1. The van der Waals surface area contributed by atoms with Crippen molar-refractivity contribution in [1.82, 2.24) is 0 Å². The Morgan fingerprint density at radius 3 is 2.15 bits per heavy atom. The van der Waals surface area contributed by atoms with Crippen molar-refractivity contribution in [3.05, 3.63) is 29.3 Å². The number of halogens is 2. The van der Waals surface area contributed by atoms with E-state index in [1.807, 2.05) is 0 Å². The van der Waals surface area contributed by atoms with E-state index in [1.54, 1.807) is 6.26 Å². The van der Waals surface area contributed by atoms with Gasteiger partial charge in [0.05, 0.1) is 0 Å². The molecular weight excluding hydrogens is 198 g/mol. The summed E-state index contributed by atoms with van der Waals surface area (Å²) in [4.78, 5) is 10.7. The van der Waals surface area contributed by atoms with Crippen molar-refractivity contribution in [1.29, 1.82) is 0 Å². The second-order valence-electron chi connectivity index (χ2n) is 2.27. The van der Waals surface area contributed by atoms with Crippen molar-refractivity contribution in [2.75, 3.05) is 6.26 Å². The molecule has 0 atom stereocenters. The molecule has 0 fully saturated rings. The molecule has 70 valence electrons. The minimum atomic E-state index is -1.59. The molecule has 0 spiro atoms. The first kappa shape index (κ1) is 9.98. The Hall–Kier alpha value is -1.10. The lowest BCUT2D eigenvalue weighted by Crippen LogP contribution is -2.04. The predicted octanol–water partition coefficient (Wildman–Crippen LogP) is 2.38. The Kier molecular flexibility index (Phi) is 2.87. The third kappa shape index (κ3) is 1.98. The van der Waals surface area contributed by atoms with Crippen molar-refractivity contribution < 1.29 is 18.7 Å². The molecule has 2 nitrogen and oxygen atoms in total. The highest BCUT2D eigenvalue weighted by Gasteiger charge is 2.17. The first-order valence-corrected chi connectivity index (χ1v) is 4.55. The maximum Gasteiger partial charge on any atom is 0.341 e. The van der Waals surface area contributed by atoms with Gasteiger partial charge in [-0.05, 0) is 18.4 Å². The second-order valence-corrected chi connectivity index (χ2v) is 3.15. The summed E-state index contributed by atoms with van der Waals surface area (Å²) in [7, 11) is 0. The molecule has 1 rings (SSSR count). The van der Waals surface area contributed by atoms with Gasteiger partial charge in [0, 0.05) is 4.90 Å². The van der Waals surface area contributed by atoms with Gasteiger partial charge in [-0.1, -0.05) is 0 Å². The first-order valence-electron chi connectivity index (χ1n) is 3.32. The van der Waals surface area contributed by atoms with E-state index in [0.29, 0.717) is 4.90 Å². The molecule has 1 aromatic carbocycles. The number of carboxylic acid groups (broad SMARTS) is 1. The number of carbonyl (C=O) groups is 1. The van der Waals surface area contributed by atoms with E-state index >= 15 is 0 Å². The molecule has 0 aliphatic heterocycles. The van der Waals surface area contributed by atoms with Crippen molar-refractivity contribution in [3.8, 4) is 0 Å². The number of carboxylic acids is 1. The lowest BCUT2D eigenvalue weighted by atomic mass is 10.2. The third-order valence-electron chi connectivity index (χ3n) is 1.47. The van der Waals surface area contributed by atoms with E-state index in [9.17, 15) is 13.6 Å². The summed E-state index contributed by atoms with van der Waals surface area (Å²) < 4.78 is 25.8. The van der Waals surface area contributed by atoms with Crippen molar-refractivity contribution in [2.24, 2.45) is 0 Å². The highest BCUT2D eigenvalue weighted by atomic mass is 32.2. The maximum absolute atomic E-state index is 12.9. The highest BCUT2D eigenvalue weighted by Crippen LogP contribution is 2.21. The van der Waals surface area contributed by atoms with Crippen LogP contribution in [-0.4, -0.2) is 17.3 Å². The van der Waals surface area contributed by atoms with Crippen LogP contribution in [0.3, 0.4) is 0 Å². The Morgan fingerprint density at radius 2 is 1.85 bits per heavy atom. The lowest BCUT2D eigenvalue weighted by molar-refractivity contribution is 0.0686. The topological polar surface area (TPSA) is 37.3 Å². The standard InChI is InChI=1S/C8H6F2O2S/c1-13-4-2-5(9)7(8(11)12)6(10)3-4/h2-3H,1H3,(H,11,12). The quantitative estimate of drug-likeness (QED) is 0.751. The van der Waals surface area contributed by atoms with Crippen LogP contribution in [0.4, 0.5) is 8.78 Å². The number of thioether (sulfide) groups is 1. The summed E-state index contributed by atoms with van der Waals surface area (Å²) in [5, 5.41) is 8.42. The van der Waals surface area contributed by atoms with E-state index in [2.05, 4.69) is 0 Å². The van der Waals surface area contributed by atoms with Gasteiger partial charge < -0.3 is 5.11 Å². The van der Waals surface area contributed by atoms with Crippen LogP contribution in [-0.2, 0) is 0 Å². The van der Waals surface area contributed by atoms with E-state index in [0.717, 1.165) is 23.9 Å². The van der Waals surface area contributed by atoms with Gasteiger partial charge >= 0.3 is 5.97 Å². The zero-order valence-corrected chi connectivity index (χ0v) is 7.49. The van der Waals surface area contributed by atoms with Crippen LogP contribution in [0, 0.1) is 11.6 Å². The Balaban J connectivity index is 3.31. The Bertz CT molecular complexity index is 329. The van der Waals surface area contributed by atoms with Crippen LogP contribution in [0.5, 0.6) is 0 Å². The fourth-order valence-corrected chi connectivity index (χ4v) is 1.31. The molecule has 0 bridgehead atoms. The number of hydrogen-bond acceptors (Lipinski definition) is 2. The van der Waals surface area contributed by atoms with Crippen LogP contribution in [0.2, 0.25) is 0 Å². The summed E-state index contributed by atoms with van der Waals surface area (Å²) >= 11 is 1.14. The van der Waals surface area contributed by atoms with Gasteiger partial charge in [0.25, 0.3) is 0 Å². The zero-order chi connectivity index (χ0) is 10.0. The van der Waals surface area contributed by atoms with Gasteiger partial charge in [0.2, 0.25) is 0 Å². The molecule has 0 heterocycles. The molecule has 1 N–H and O–H groups in total. The van der Waals surface area contributed by atoms with Gasteiger partial charge in [-0.25, -0.2) is 13.6 Å². The number of aromatic carboxylic acids is 1.